The second kappa shape index (κ2) is 8.78. The molecule has 1 amide bonds. The highest BCUT2D eigenvalue weighted by Crippen LogP contribution is 2.19. The Morgan fingerprint density at radius 2 is 1.58 bits per heavy atom. The second-order valence-corrected chi connectivity index (χ2v) is 8.10. The number of rotatable bonds is 8. The molecule has 0 radical (unpaired) electrons. The maximum Gasteiger partial charge on any atom is 0.243 e. The van der Waals surface area contributed by atoms with Crippen molar-refractivity contribution >= 4 is 15.9 Å². The van der Waals surface area contributed by atoms with Gasteiger partial charge in [0.1, 0.15) is 0 Å². The zero-order valence-corrected chi connectivity index (χ0v) is 15.9. The zero-order valence-electron chi connectivity index (χ0n) is 15.1. The summed E-state index contributed by atoms with van der Waals surface area (Å²) in [7, 11) is -3.80. The number of benzene rings is 2. The van der Waals surface area contributed by atoms with Crippen LogP contribution >= 0.6 is 0 Å². The van der Waals surface area contributed by atoms with Crippen molar-refractivity contribution in [1.82, 2.24) is 9.62 Å². The summed E-state index contributed by atoms with van der Waals surface area (Å²) in [5, 5.41) is 2.63. The molecule has 0 aliphatic rings. The van der Waals surface area contributed by atoms with E-state index < -0.39 is 10.0 Å². The minimum absolute atomic E-state index is 0.123. The zero-order chi connectivity index (χ0) is 19.2. The summed E-state index contributed by atoms with van der Waals surface area (Å²) in [6.45, 7) is 7.57. The van der Waals surface area contributed by atoms with Crippen LogP contribution in [0.1, 0.15) is 16.7 Å². The number of carbonyl (C=O) groups is 1. The van der Waals surface area contributed by atoms with Gasteiger partial charge in [0.2, 0.25) is 15.9 Å². The molecule has 0 spiro atoms. The maximum absolute atomic E-state index is 13.1. The third kappa shape index (κ3) is 5.28. The molecule has 2 aromatic carbocycles. The Hall–Kier alpha value is -2.44. The van der Waals surface area contributed by atoms with Crippen LogP contribution in [0.5, 0.6) is 0 Å². The van der Waals surface area contributed by atoms with Gasteiger partial charge in [-0.05, 0) is 31.5 Å². The van der Waals surface area contributed by atoms with E-state index in [-0.39, 0.29) is 23.9 Å². The van der Waals surface area contributed by atoms with Crippen LogP contribution in [0.15, 0.2) is 66.1 Å². The van der Waals surface area contributed by atoms with Gasteiger partial charge in [0, 0.05) is 13.1 Å². The lowest BCUT2D eigenvalue weighted by Crippen LogP contribution is -2.40. The molecule has 138 valence electrons. The molecule has 6 heteroatoms. The van der Waals surface area contributed by atoms with E-state index in [1.165, 1.54) is 4.31 Å². The van der Waals surface area contributed by atoms with Crippen LogP contribution in [0.2, 0.25) is 0 Å². The molecule has 0 aliphatic carbocycles. The first-order valence-electron chi connectivity index (χ1n) is 8.33. The first-order valence-corrected chi connectivity index (χ1v) is 9.77. The Balaban J connectivity index is 2.31. The smallest absolute Gasteiger partial charge is 0.243 e. The number of sulfonamides is 1. The van der Waals surface area contributed by atoms with E-state index in [0.717, 1.165) is 16.7 Å². The number of amides is 1. The Morgan fingerprint density at radius 1 is 1.04 bits per heavy atom. The Labute approximate surface area is 155 Å². The molecule has 5 nitrogen and oxygen atoms in total. The monoisotopic (exact) mass is 372 g/mol. The summed E-state index contributed by atoms with van der Waals surface area (Å²) >= 11 is 0. The highest BCUT2D eigenvalue weighted by atomic mass is 32.2. The summed E-state index contributed by atoms with van der Waals surface area (Å²) in [5.41, 5.74) is 2.88. The highest BCUT2D eigenvalue weighted by molar-refractivity contribution is 7.89. The summed E-state index contributed by atoms with van der Waals surface area (Å²) in [6, 6.07) is 14.2. The molecule has 0 aromatic heterocycles. The number of nitrogens with zero attached hydrogens (tertiary/aromatic N) is 1. The Kier molecular flexibility index (Phi) is 6.71. The van der Waals surface area contributed by atoms with Crippen molar-refractivity contribution in [3.8, 4) is 0 Å². The van der Waals surface area contributed by atoms with Gasteiger partial charge in [-0.1, -0.05) is 53.6 Å². The van der Waals surface area contributed by atoms with Crippen molar-refractivity contribution in [3.63, 3.8) is 0 Å². The van der Waals surface area contributed by atoms with Gasteiger partial charge in [0.05, 0.1) is 11.4 Å². The van der Waals surface area contributed by atoms with E-state index >= 15 is 0 Å². The third-order valence-corrected chi connectivity index (χ3v) is 5.71. The van der Waals surface area contributed by atoms with Gasteiger partial charge in [0.15, 0.2) is 0 Å². The molecule has 0 fully saturated rings. The van der Waals surface area contributed by atoms with Gasteiger partial charge >= 0.3 is 0 Å². The van der Waals surface area contributed by atoms with Gasteiger partial charge in [-0.2, -0.15) is 4.31 Å². The van der Waals surface area contributed by atoms with Gasteiger partial charge in [-0.3, -0.25) is 4.79 Å². The van der Waals surface area contributed by atoms with Gasteiger partial charge in [-0.25, -0.2) is 8.42 Å². The van der Waals surface area contributed by atoms with Crippen LogP contribution in [0.4, 0.5) is 0 Å². The lowest BCUT2D eigenvalue weighted by molar-refractivity contribution is -0.121. The molecule has 0 saturated heterocycles. The fourth-order valence-corrected chi connectivity index (χ4v) is 3.77. The summed E-state index contributed by atoms with van der Waals surface area (Å²) < 4.78 is 27.3. The van der Waals surface area contributed by atoms with Crippen molar-refractivity contribution < 1.29 is 13.2 Å². The van der Waals surface area contributed by atoms with E-state index in [1.807, 2.05) is 38.1 Å². The second-order valence-electron chi connectivity index (χ2n) is 6.16. The molecule has 2 aromatic rings. The summed E-state index contributed by atoms with van der Waals surface area (Å²) in [6.07, 6.45) is 1.55. The lowest BCUT2D eigenvalue weighted by atomic mass is 10.1. The minimum atomic E-state index is -3.80. The summed E-state index contributed by atoms with van der Waals surface area (Å²) in [4.78, 5) is 12.3. The largest absolute Gasteiger partial charge is 0.351 e. The van der Waals surface area contributed by atoms with Crippen LogP contribution in [0.25, 0.3) is 0 Å². The topological polar surface area (TPSA) is 66.5 Å². The lowest BCUT2D eigenvalue weighted by Gasteiger charge is -2.22. The average molecular weight is 372 g/mol. The van der Waals surface area contributed by atoms with Crippen molar-refractivity contribution in [2.24, 2.45) is 0 Å². The average Bonchev–Trinajstić information content (AvgIpc) is 2.61. The SMILES string of the molecule is C=CCNC(=O)CN(Cc1ccc(C)cc1)S(=O)(=O)c1ccc(C)cc1. The molecule has 0 bridgehead atoms. The molecule has 2 rings (SSSR count). The number of carbonyl (C=O) groups excluding carboxylic acids is 1. The molecule has 0 heterocycles. The van der Waals surface area contributed by atoms with Crippen LogP contribution in [0.3, 0.4) is 0 Å². The van der Waals surface area contributed by atoms with E-state index in [9.17, 15) is 13.2 Å². The predicted molar refractivity (Wildman–Crippen MR) is 103 cm³/mol. The van der Waals surface area contributed by atoms with Crippen molar-refractivity contribution in [2.45, 2.75) is 25.3 Å². The predicted octanol–water partition coefficient (Wildman–Crippen LogP) is 2.80. The molecule has 26 heavy (non-hydrogen) atoms. The van der Waals surface area contributed by atoms with Crippen LogP contribution in [-0.4, -0.2) is 31.7 Å². The minimum Gasteiger partial charge on any atom is -0.351 e. The molecule has 0 saturated carbocycles. The number of aryl methyl sites for hydroxylation is 2. The van der Waals surface area contributed by atoms with Crippen molar-refractivity contribution in [2.75, 3.05) is 13.1 Å². The highest BCUT2D eigenvalue weighted by Gasteiger charge is 2.26. The van der Waals surface area contributed by atoms with Crippen molar-refractivity contribution in [1.29, 1.82) is 0 Å². The maximum atomic E-state index is 13.1. The quantitative estimate of drug-likeness (QED) is 0.725. The van der Waals surface area contributed by atoms with Crippen LogP contribution in [0, 0.1) is 13.8 Å². The standard InChI is InChI=1S/C20H24N2O3S/c1-4-13-21-20(23)15-22(14-18-9-5-16(2)6-10-18)26(24,25)19-11-7-17(3)8-12-19/h4-12H,1,13-15H2,2-3H3,(H,21,23). The van der Waals surface area contributed by atoms with Crippen molar-refractivity contribution in [3.05, 3.63) is 77.9 Å². The molecule has 1 N–H and O–H groups in total. The van der Waals surface area contributed by atoms with E-state index in [0.29, 0.717) is 6.54 Å². The number of hydrogen-bond donors (Lipinski definition) is 1. The molecule has 0 atom stereocenters. The molecule has 0 aliphatic heterocycles. The third-order valence-electron chi connectivity index (χ3n) is 3.90. The first kappa shape index (κ1) is 19.9. The molecule has 0 unspecified atom stereocenters. The normalized spacial score (nSPS) is 11.3. The van der Waals surface area contributed by atoms with E-state index in [4.69, 9.17) is 0 Å². The van der Waals surface area contributed by atoms with Crippen LogP contribution < -0.4 is 5.32 Å². The fraction of sp³-hybridized carbons (Fsp3) is 0.250. The van der Waals surface area contributed by atoms with Crippen LogP contribution in [-0.2, 0) is 21.4 Å². The van der Waals surface area contributed by atoms with Gasteiger partial charge < -0.3 is 5.32 Å². The first-order chi connectivity index (χ1) is 12.3. The van der Waals surface area contributed by atoms with E-state index in [1.54, 1.807) is 30.3 Å². The van der Waals surface area contributed by atoms with E-state index in [2.05, 4.69) is 11.9 Å². The summed E-state index contributed by atoms with van der Waals surface area (Å²) in [5.74, 6) is -0.368. The van der Waals surface area contributed by atoms with Gasteiger partial charge in [0.25, 0.3) is 0 Å². The molecular weight excluding hydrogens is 348 g/mol. The number of hydrogen-bond acceptors (Lipinski definition) is 3. The van der Waals surface area contributed by atoms with Gasteiger partial charge in [-0.15, -0.1) is 6.58 Å². The molecular formula is C20H24N2O3S. The number of nitrogens with one attached hydrogen (secondary N) is 1. The Morgan fingerprint density at radius 3 is 2.12 bits per heavy atom. The fourth-order valence-electron chi connectivity index (χ4n) is 2.38. The Bertz CT molecular complexity index is 857.